The van der Waals surface area contributed by atoms with E-state index in [1.165, 1.54) is 24.3 Å². The summed E-state index contributed by atoms with van der Waals surface area (Å²) in [6.07, 6.45) is 0. The minimum Gasteiger partial charge on any atom is -0.506 e. The molecule has 2 aromatic carbocycles. The van der Waals surface area contributed by atoms with Crippen molar-refractivity contribution >= 4 is 47.6 Å². The van der Waals surface area contributed by atoms with E-state index in [2.05, 4.69) is 36.6 Å². The Bertz CT molecular complexity index is 699. The van der Waals surface area contributed by atoms with E-state index in [0.29, 0.717) is 4.47 Å². The summed E-state index contributed by atoms with van der Waals surface area (Å²) in [6, 6.07) is 10.7. The number of phenolic OH excluding ortho intramolecular Hbond substituents is 1. The third-order valence-electron chi connectivity index (χ3n) is 2.33. The van der Waals surface area contributed by atoms with E-state index in [1.54, 1.807) is 18.2 Å². The molecule has 19 heavy (non-hydrogen) atoms. The van der Waals surface area contributed by atoms with Crippen molar-refractivity contribution in [2.24, 2.45) is 0 Å². The zero-order chi connectivity index (χ0) is 14.0. The average molecular weight is 407 g/mol. The Kier molecular flexibility index (Phi) is 4.17. The van der Waals surface area contributed by atoms with Crippen molar-refractivity contribution in [1.29, 1.82) is 0 Å². The fraction of sp³-hybridized carbons (Fsp3) is 0. The molecule has 0 amide bonds. The van der Waals surface area contributed by atoms with Crippen LogP contribution in [0.1, 0.15) is 0 Å². The lowest BCUT2D eigenvalue weighted by Gasteiger charge is -2.10. The molecule has 0 unspecified atom stereocenters. The third-order valence-corrected chi connectivity index (χ3v) is 4.73. The second kappa shape index (κ2) is 5.52. The summed E-state index contributed by atoms with van der Waals surface area (Å²) in [5.41, 5.74) is 0.122. The van der Waals surface area contributed by atoms with Gasteiger partial charge in [0.1, 0.15) is 5.75 Å². The molecule has 0 heterocycles. The quantitative estimate of drug-likeness (QED) is 0.763. The number of nitrogens with one attached hydrogen (secondary N) is 1. The number of hydrogen-bond donors (Lipinski definition) is 2. The van der Waals surface area contributed by atoms with Crippen molar-refractivity contribution in [3.05, 3.63) is 51.4 Å². The molecule has 0 aliphatic rings. The van der Waals surface area contributed by atoms with Crippen LogP contribution in [0, 0.1) is 0 Å². The van der Waals surface area contributed by atoms with Gasteiger partial charge in [-0.1, -0.05) is 31.9 Å². The second-order valence-electron chi connectivity index (χ2n) is 3.72. The molecule has 0 saturated carbocycles. The number of halogens is 2. The predicted molar refractivity (Wildman–Crippen MR) is 80.8 cm³/mol. The highest BCUT2D eigenvalue weighted by atomic mass is 79.9. The van der Waals surface area contributed by atoms with Gasteiger partial charge in [-0.15, -0.1) is 0 Å². The molecule has 4 nitrogen and oxygen atoms in total. The van der Waals surface area contributed by atoms with Gasteiger partial charge < -0.3 is 5.11 Å². The monoisotopic (exact) mass is 405 g/mol. The molecular weight excluding hydrogens is 398 g/mol. The molecule has 0 bridgehead atoms. The van der Waals surface area contributed by atoms with Crippen LogP contribution in [-0.4, -0.2) is 13.5 Å². The Morgan fingerprint density at radius 2 is 1.53 bits per heavy atom. The Labute approximate surface area is 127 Å². The van der Waals surface area contributed by atoms with Crippen molar-refractivity contribution in [2.75, 3.05) is 4.72 Å². The van der Waals surface area contributed by atoms with Gasteiger partial charge in [-0.2, -0.15) is 0 Å². The Morgan fingerprint density at radius 3 is 2.16 bits per heavy atom. The number of anilines is 1. The maximum absolute atomic E-state index is 12.1. The molecule has 0 aromatic heterocycles. The summed E-state index contributed by atoms with van der Waals surface area (Å²) in [4.78, 5) is 0.120. The number of rotatable bonds is 3. The van der Waals surface area contributed by atoms with Gasteiger partial charge in [-0.25, -0.2) is 8.42 Å². The van der Waals surface area contributed by atoms with Gasteiger partial charge in [0.05, 0.1) is 10.6 Å². The second-order valence-corrected chi connectivity index (χ2v) is 7.23. The summed E-state index contributed by atoms with van der Waals surface area (Å²) in [5, 5.41) is 9.63. The molecular formula is C12H9Br2NO3S. The summed E-state index contributed by atoms with van der Waals surface area (Å²) < 4.78 is 28.0. The molecule has 0 radical (unpaired) electrons. The molecule has 7 heteroatoms. The summed E-state index contributed by atoms with van der Waals surface area (Å²) >= 11 is 6.46. The minimum atomic E-state index is -3.72. The van der Waals surface area contributed by atoms with E-state index in [9.17, 15) is 13.5 Å². The van der Waals surface area contributed by atoms with Crippen LogP contribution in [0.15, 0.2) is 56.3 Å². The standard InChI is InChI=1S/C12H9Br2NO3S/c13-8-1-4-10(5-2-8)19(17,18)15-11-7-9(14)3-6-12(11)16/h1-7,15-16H. The smallest absolute Gasteiger partial charge is 0.262 e. The zero-order valence-corrected chi connectivity index (χ0v) is 13.5. The van der Waals surface area contributed by atoms with Crippen molar-refractivity contribution in [1.82, 2.24) is 0 Å². The molecule has 100 valence electrons. The molecule has 0 saturated heterocycles. The molecule has 0 spiro atoms. The van der Waals surface area contributed by atoms with Crippen molar-refractivity contribution in [2.45, 2.75) is 4.90 Å². The summed E-state index contributed by atoms with van der Waals surface area (Å²) in [5.74, 6) is -0.135. The molecule has 2 aromatic rings. The molecule has 0 aliphatic heterocycles. The first-order valence-corrected chi connectivity index (χ1v) is 8.22. The predicted octanol–water partition coefficient (Wildman–Crippen LogP) is 3.72. The van der Waals surface area contributed by atoms with E-state index in [4.69, 9.17) is 0 Å². The number of aromatic hydroxyl groups is 1. The van der Waals surface area contributed by atoms with Crippen LogP contribution < -0.4 is 4.72 Å². The maximum atomic E-state index is 12.1. The molecule has 2 N–H and O–H groups in total. The molecule has 0 aliphatic carbocycles. The van der Waals surface area contributed by atoms with Crippen LogP contribution in [-0.2, 0) is 10.0 Å². The summed E-state index contributed by atoms with van der Waals surface area (Å²) in [7, 11) is -3.72. The highest BCUT2D eigenvalue weighted by Gasteiger charge is 2.16. The maximum Gasteiger partial charge on any atom is 0.262 e. The minimum absolute atomic E-state index is 0.120. The Hall–Kier alpha value is -1.05. The normalized spacial score (nSPS) is 11.3. The van der Waals surface area contributed by atoms with E-state index in [1.807, 2.05) is 0 Å². The fourth-order valence-corrected chi connectivity index (χ4v) is 3.10. The van der Waals surface area contributed by atoms with Crippen LogP contribution in [0.4, 0.5) is 5.69 Å². The number of hydrogen-bond acceptors (Lipinski definition) is 3. The first-order chi connectivity index (χ1) is 8.88. The fourth-order valence-electron chi connectivity index (χ4n) is 1.41. The van der Waals surface area contributed by atoms with Crippen LogP contribution in [0.25, 0.3) is 0 Å². The lowest BCUT2D eigenvalue weighted by atomic mass is 10.3. The molecule has 0 fully saturated rings. The lowest BCUT2D eigenvalue weighted by molar-refractivity contribution is 0.477. The van der Waals surface area contributed by atoms with Gasteiger partial charge in [-0.3, -0.25) is 4.72 Å². The van der Waals surface area contributed by atoms with Gasteiger partial charge >= 0.3 is 0 Å². The Balaban J connectivity index is 2.36. The van der Waals surface area contributed by atoms with E-state index >= 15 is 0 Å². The lowest BCUT2D eigenvalue weighted by Crippen LogP contribution is -2.12. The largest absolute Gasteiger partial charge is 0.506 e. The SMILES string of the molecule is O=S(=O)(Nc1cc(Br)ccc1O)c1ccc(Br)cc1. The first kappa shape index (κ1) is 14.4. The highest BCUT2D eigenvalue weighted by Crippen LogP contribution is 2.29. The van der Waals surface area contributed by atoms with Gasteiger partial charge in [0, 0.05) is 8.95 Å². The number of phenols is 1. The van der Waals surface area contributed by atoms with E-state index in [0.717, 1.165) is 4.47 Å². The van der Waals surface area contributed by atoms with Crippen molar-refractivity contribution in [3.63, 3.8) is 0 Å². The summed E-state index contributed by atoms with van der Waals surface area (Å²) in [6.45, 7) is 0. The van der Waals surface area contributed by atoms with Crippen LogP contribution in [0.3, 0.4) is 0 Å². The van der Waals surface area contributed by atoms with Crippen molar-refractivity contribution < 1.29 is 13.5 Å². The van der Waals surface area contributed by atoms with E-state index in [-0.39, 0.29) is 16.3 Å². The van der Waals surface area contributed by atoms with Crippen LogP contribution in [0.2, 0.25) is 0 Å². The van der Waals surface area contributed by atoms with Crippen LogP contribution in [0.5, 0.6) is 5.75 Å². The Morgan fingerprint density at radius 1 is 0.947 bits per heavy atom. The highest BCUT2D eigenvalue weighted by molar-refractivity contribution is 9.10. The van der Waals surface area contributed by atoms with Crippen molar-refractivity contribution in [3.8, 4) is 5.75 Å². The molecule has 0 atom stereocenters. The topological polar surface area (TPSA) is 66.4 Å². The van der Waals surface area contributed by atoms with Gasteiger partial charge in [0.15, 0.2) is 0 Å². The van der Waals surface area contributed by atoms with Gasteiger partial charge in [-0.05, 0) is 42.5 Å². The van der Waals surface area contributed by atoms with E-state index < -0.39 is 10.0 Å². The number of sulfonamides is 1. The molecule has 2 rings (SSSR count). The van der Waals surface area contributed by atoms with Gasteiger partial charge in [0.2, 0.25) is 0 Å². The number of benzene rings is 2. The van der Waals surface area contributed by atoms with Gasteiger partial charge in [0.25, 0.3) is 10.0 Å². The van der Waals surface area contributed by atoms with Crippen LogP contribution >= 0.6 is 31.9 Å². The third kappa shape index (κ3) is 3.49. The zero-order valence-electron chi connectivity index (χ0n) is 9.47. The first-order valence-electron chi connectivity index (χ1n) is 5.15. The average Bonchev–Trinajstić information content (AvgIpc) is 2.34.